The van der Waals surface area contributed by atoms with Crippen LogP contribution in [0.25, 0.3) is 0 Å². The lowest BCUT2D eigenvalue weighted by atomic mass is 10.2. The predicted octanol–water partition coefficient (Wildman–Crippen LogP) is 3.72. The summed E-state index contributed by atoms with van der Waals surface area (Å²) >= 11 is 1.48. The lowest BCUT2D eigenvalue weighted by Gasteiger charge is -2.23. The van der Waals surface area contributed by atoms with E-state index in [1.807, 2.05) is 67.3 Å². The van der Waals surface area contributed by atoms with Crippen molar-refractivity contribution in [2.75, 3.05) is 22.9 Å². The standard InChI is InChI=1S/C17H20N2OS/c1-3-19(15-10-6-4-8-13(15)2)17(20)12-21-16-11-7-5-9-14(16)18/h4-11H,3,12,18H2,1-2H3. The maximum atomic E-state index is 12.5. The van der Waals surface area contributed by atoms with Crippen molar-refractivity contribution in [1.82, 2.24) is 0 Å². The smallest absolute Gasteiger partial charge is 0.237 e. The van der Waals surface area contributed by atoms with E-state index in [0.29, 0.717) is 18.0 Å². The molecule has 0 unspecified atom stereocenters. The number of amides is 1. The van der Waals surface area contributed by atoms with Crippen LogP contribution in [0.1, 0.15) is 12.5 Å². The summed E-state index contributed by atoms with van der Waals surface area (Å²) in [5.74, 6) is 0.483. The van der Waals surface area contributed by atoms with Gasteiger partial charge in [-0.3, -0.25) is 4.79 Å². The van der Waals surface area contributed by atoms with E-state index in [1.54, 1.807) is 0 Å². The highest BCUT2D eigenvalue weighted by atomic mass is 32.2. The summed E-state index contributed by atoms with van der Waals surface area (Å²) in [7, 11) is 0. The molecule has 2 rings (SSSR count). The van der Waals surface area contributed by atoms with Crippen LogP contribution in [0.4, 0.5) is 11.4 Å². The first kappa shape index (κ1) is 15.4. The van der Waals surface area contributed by atoms with Gasteiger partial charge in [0.05, 0.1) is 5.75 Å². The minimum Gasteiger partial charge on any atom is -0.398 e. The van der Waals surface area contributed by atoms with E-state index < -0.39 is 0 Å². The summed E-state index contributed by atoms with van der Waals surface area (Å²) in [4.78, 5) is 15.2. The Labute approximate surface area is 130 Å². The van der Waals surface area contributed by atoms with E-state index in [9.17, 15) is 4.79 Å². The normalized spacial score (nSPS) is 10.4. The molecule has 2 N–H and O–H groups in total. The van der Waals surface area contributed by atoms with Crippen LogP contribution in [0.15, 0.2) is 53.4 Å². The second kappa shape index (κ2) is 7.18. The topological polar surface area (TPSA) is 46.3 Å². The molecule has 3 nitrogen and oxygen atoms in total. The molecule has 0 saturated heterocycles. The number of aryl methyl sites for hydroxylation is 1. The second-order valence-electron chi connectivity index (χ2n) is 4.75. The van der Waals surface area contributed by atoms with E-state index in [4.69, 9.17) is 5.73 Å². The number of carbonyl (C=O) groups excluding carboxylic acids is 1. The third-order valence-electron chi connectivity index (χ3n) is 3.29. The van der Waals surface area contributed by atoms with Crippen LogP contribution in [0.2, 0.25) is 0 Å². The fourth-order valence-electron chi connectivity index (χ4n) is 2.18. The fraction of sp³-hybridized carbons (Fsp3) is 0.235. The van der Waals surface area contributed by atoms with Gasteiger partial charge in [0.1, 0.15) is 0 Å². The molecule has 0 bridgehead atoms. The highest BCUT2D eigenvalue weighted by Gasteiger charge is 2.16. The Kier molecular flexibility index (Phi) is 5.28. The molecule has 2 aromatic carbocycles. The van der Waals surface area contributed by atoms with Crippen LogP contribution in [0, 0.1) is 6.92 Å². The Balaban J connectivity index is 2.08. The molecular formula is C17H20N2OS. The van der Waals surface area contributed by atoms with Crippen LogP contribution in [0.3, 0.4) is 0 Å². The molecule has 0 atom stereocenters. The lowest BCUT2D eigenvalue weighted by molar-refractivity contribution is -0.116. The molecule has 2 aromatic rings. The number of nitrogens with zero attached hydrogens (tertiary/aromatic N) is 1. The van der Waals surface area contributed by atoms with Gasteiger partial charge < -0.3 is 10.6 Å². The van der Waals surface area contributed by atoms with Crippen LogP contribution in [-0.2, 0) is 4.79 Å². The van der Waals surface area contributed by atoms with Gasteiger partial charge in [-0.25, -0.2) is 0 Å². The minimum atomic E-state index is 0.0973. The molecule has 110 valence electrons. The van der Waals surface area contributed by atoms with Gasteiger partial charge in [-0.05, 0) is 37.6 Å². The number of thioether (sulfide) groups is 1. The first-order valence-corrected chi connectivity index (χ1v) is 7.95. The maximum absolute atomic E-state index is 12.5. The molecule has 0 aliphatic heterocycles. The van der Waals surface area contributed by atoms with Crippen LogP contribution >= 0.6 is 11.8 Å². The van der Waals surface area contributed by atoms with Crippen molar-refractivity contribution in [3.63, 3.8) is 0 Å². The van der Waals surface area contributed by atoms with Gasteiger partial charge in [-0.1, -0.05) is 30.3 Å². The first-order chi connectivity index (χ1) is 10.1. The van der Waals surface area contributed by atoms with E-state index in [2.05, 4.69) is 0 Å². The zero-order valence-corrected chi connectivity index (χ0v) is 13.2. The lowest BCUT2D eigenvalue weighted by Crippen LogP contribution is -2.32. The number of hydrogen-bond donors (Lipinski definition) is 1. The van der Waals surface area contributed by atoms with E-state index >= 15 is 0 Å². The molecule has 0 saturated carbocycles. The Bertz CT molecular complexity index is 628. The Morgan fingerprint density at radius 1 is 1.14 bits per heavy atom. The molecule has 0 aliphatic rings. The van der Waals surface area contributed by atoms with Crippen LogP contribution < -0.4 is 10.6 Å². The number of carbonyl (C=O) groups is 1. The number of nitrogen functional groups attached to an aromatic ring is 1. The van der Waals surface area contributed by atoms with Crippen molar-refractivity contribution in [1.29, 1.82) is 0 Å². The Morgan fingerprint density at radius 2 is 1.81 bits per heavy atom. The number of anilines is 2. The molecule has 0 radical (unpaired) electrons. The number of para-hydroxylation sites is 2. The third-order valence-corrected chi connectivity index (χ3v) is 4.37. The molecule has 0 spiro atoms. The molecule has 0 aromatic heterocycles. The van der Waals surface area contributed by atoms with Gasteiger partial charge in [0.25, 0.3) is 0 Å². The molecule has 0 fully saturated rings. The van der Waals surface area contributed by atoms with Gasteiger partial charge in [0, 0.05) is 22.8 Å². The quantitative estimate of drug-likeness (QED) is 0.676. The van der Waals surface area contributed by atoms with Gasteiger partial charge in [0.15, 0.2) is 0 Å². The predicted molar refractivity (Wildman–Crippen MR) is 90.8 cm³/mol. The van der Waals surface area contributed by atoms with Gasteiger partial charge >= 0.3 is 0 Å². The largest absolute Gasteiger partial charge is 0.398 e. The van der Waals surface area contributed by atoms with E-state index in [0.717, 1.165) is 16.1 Å². The summed E-state index contributed by atoms with van der Waals surface area (Å²) in [6.45, 7) is 4.67. The van der Waals surface area contributed by atoms with Crippen molar-refractivity contribution in [3.8, 4) is 0 Å². The number of benzene rings is 2. The van der Waals surface area contributed by atoms with Crippen LogP contribution in [0.5, 0.6) is 0 Å². The summed E-state index contributed by atoms with van der Waals surface area (Å²) < 4.78 is 0. The summed E-state index contributed by atoms with van der Waals surface area (Å²) in [6, 6.07) is 15.6. The maximum Gasteiger partial charge on any atom is 0.237 e. The van der Waals surface area contributed by atoms with Crippen molar-refractivity contribution < 1.29 is 4.79 Å². The fourth-order valence-corrected chi connectivity index (χ4v) is 3.02. The van der Waals surface area contributed by atoms with Gasteiger partial charge in [0.2, 0.25) is 5.91 Å². The molecular weight excluding hydrogens is 280 g/mol. The molecule has 4 heteroatoms. The second-order valence-corrected chi connectivity index (χ2v) is 5.77. The first-order valence-electron chi connectivity index (χ1n) is 6.96. The molecule has 0 aliphatic carbocycles. The van der Waals surface area contributed by atoms with Crippen molar-refractivity contribution in [2.24, 2.45) is 0 Å². The highest BCUT2D eigenvalue weighted by Crippen LogP contribution is 2.26. The number of nitrogens with two attached hydrogens (primary N) is 1. The Hall–Kier alpha value is -1.94. The average Bonchev–Trinajstić information content (AvgIpc) is 2.49. The monoisotopic (exact) mass is 300 g/mol. The highest BCUT2D eigenvalue weighted by molar-refractivity contribution is 8.00. The van der Waals surface area contributed by atoms with Crippen molar-refractivity contribution in [3.05, 3.63) is 54.1 Å². The van der Waals surface area contributed by atoms with Gasteiger partial charge in [-0.2, -0.15) is 0 Å². The van der Waals surface area contributed by atoms with Crippen LogP contribution in [-0.4, -0.2) is 18.2 Å². The zero-order chi connectivity index (χ0) is 15.2. The molecule has 1 amide bonds. The SMILES string of the molecule is CCN(C(=O)CSc1ccccc1N)c1ccccc1C. The number of hydrogen-bond acceptors (Lipinski definition) is 3. The van der Waals surface area contributed by atoms with E-state index in [1.165, 1.54) is 11.8 Å². The van der Waals surface area contributed by atoms with Crippen molar-refractivity contribution in [2.45, 2.75) is 18.7 Å². The average molecular weight is 300 g/mol. The van der Waals surface area contributed by atoms with E-state index in [-0.39, 0.29) is 5.91 Å². The summed E-state index contributed by atoms with van der Waals surface area (Å²) in [5, 5.41) is 0. The molecule has 0 heterocycles. The summed E-state index contributed by atoms with van der Waals surface area (Å²) in [5.41, 5.74) is 8.71. The van der Waals surface area contributed by atoms with Crippen molar-refractivity contribution >= 4 is 29.0 Å². The molecule has 21 heavy (non-hydrogen) atoms. The minimum absolute atomic E-state index is 0.0973. The van der Waals surface area contributed by atoms with Gasteiger partial charge in [-0.15, -0.1) is 11.8 Å². The third kappa shape index (κ3) is 3.79. The zero-order valence-electron chi connectivity index (χ0n) is 12.4. The number of rotatable bonds is 5. The summed E-state index contributed by atoms with van der Waals surface area (Å²) in [6.07, 6.45) is 0. The Morgan fingerprint density at radius 3 is 2.48 bits per heavy atom.